The van der Waals surface area contributed by atoms with Crippen molar-refractivity contribution in [2.75, 3.05) is 6.61 Å². The molecule has 15 heavy (non-hydrogen) atoms. The molecule has 5 heteroatoms. The van der Waals surface area contributed by atoms with Gasteiger partial charge in [-0.3, -0.25) is 11.3 Å². The second-order valence-corrected chi connectivity index (χ2v) is 5.52. The van der Waals surface area contributed by atoms with E-state index in [0.717, 1.165) is 23.9 Å². The Hall–Kier alpha value is 0.0600. The molecule has 2 atom stereocenters. The van der Waals surface area contributed by atoms with E-state index < -0.39 is 0 Å². The minimum absolute atomic E-state index is 0.197. The van der Waals surface area contributed by atoms with E-state index in [2.05, 4.69) is 32.8 Å². The summed E-state index contributed by atoms with van der Waals surface area (Å²) in [5, 5.41) is 2.07. The quantitative estimate of drug-likeness (QED) is 0.662. The molecule has 1 aliphatic rings. The molecule has 3 nitrogen and oxygen atoms in total. The molecule has 0 spiro atoms. The number of halogens is 1. The summed E-state index contributed by atoms with van der Waals surface area (Å²) in [6, 6.07) is 2.25. The molecule has 0 aliphatic carbocycles. The number of rotatable bonds is 4. The summed E-state index contributed by atoms with van der Waals surface area (Å²) < 4.78 is 6.75. The van der Waals surface area contributed by atoms with Crippen LogP contribution in [0.1, 0.15) is 30.2 Å². The Kier molecular flexibility index (Phi) is 4.16. The summed E-state index contributed by atoms with van der Waals surface area (Å²) in [7, 11) is 0. The van der Waals surface area contributed by atoms with Crippen molar-refractivity contribution in [1.29, 1.82) is 0 Å². The fourth-order valence-electron chi connectivity index (χ4n) is 1.90. The SMILES string of the molecule is NNC(CC1CCCO1)c1sccc1Br. The van der Waals surface area contributed by atoms with Gasteiger partial charge in [0.15, 0.2) is 0 Å². The number of hydrazine groups is 1. The van der Waals surface area contributed by atoms with Gasteiger partial charge in [0.2, 0.25) is 0 Å². The molecule has 1 fully saturated rings. The zero-order chi connectivity index (χ0) is 10.7. The number of nitrogens with two attached hydrogens (primary N) is 1. The van der Waals surface area contributed by atoms with Crippen LogP contribution < -0.4 is 11.3 Å². The third kappa shape index (κ3) is 2.79. The standard InChI is InChI=1S/C10H15BrN2OS/c11-8-3-5-15-10(8)9(13-12)6-7-2-1-4-14-7/h3,5,7,9,13H,1-2,4,6,12H2. The van der Waals surface area contributed by atoms with Gasteiger partial charge in [0.1, 0.15) is 0 Å². The van der Waals surface area contributed by atoms with Crippen molar-refractivity contribution in [3.8, 4) is 0 Å². The Bertz CT molecular complexity index is 312. The van der Waals surface area contributed by atoms with E-state index in [-0.39, 0.29) is 6.04 Å². The molecule has 2 unspecified atom stereocenters. The smallest absolute Gasteiger partial charge is 0.0595 e. The lowest BCUT2D eigenvalue weighted by atomic mass is 10.1. The molecule has 1 aromatic rings. The van der Waals surface area contributed by atoms with Gasteiger partial charge < -0.3 is 4.74 Å². The van der Waals surface area contributed by atoms with E-state index in [9.17, 15) is 0 Å². The molecule has 0 aromatic carbocycles. The summed E-state index contributed by atoms with van der Waals surface area (Å²) in [5.41, 5.74) is 2.87. The first-order valence-electron chi connectivity index (χ1n) is 5.12. The van der Waals surface area contributed by atoms with Crippen LogP contribution in [0.5, 0.6) is 0 Å². The summed E-state index contributed by atoms with van der Waals surface area (Å²) in [6.07, 6.45) is 3.64. The Morgan fingerprint density at radius 3 is 3.13 bits per heavy atom. The van der Waals surface area contributed by atoms with E-state index in [0.29, 0.717) is 6.10 Å². The Labute approximate surface area is 102 Å². The van der Waals surface area contributed by atoms with Gasteiger partial charge in [-0.15, -0.1) is 11.3 Å². The average Bonchev–Trinajstić information content (AvgIpc) is 2.85. The molecule has 1 aliphatic heterocycles. The summed E-state index contributed by atoms with van der Waals surface area (Å²) >= 11 is 5.25. The van der Waals surface area contributed by atoms with Crippen LogP contribution in [0.2, 0.25) is 0 Å². The van der Waals surface area contributed by atoms with Crippen LogP contribution in [-0.4, -0.2) is 12.7 Å². The van der Waals surface area contributed by atoms with Crippen LogP contribution in [0, 0.1) is 0 Å². The monoisotopic (exact) mass is 290 g/mol. The zero-order valence-corrected chi connectivity index (χ0v) is 10.8. The number of ether oxygens (including phenoxy) is 1. The molecule has 0 radical (unpaired) electrons. The van der Waals surface area contributed by atoms with E-state index in [1.54, 1.807) is 11.3 Å². The predicted molar refractivity (Wildman–Crippen MR) is 65.7 cm³/mol. The first kappa shape index (κ1) is 11.5. The maximum atomic E-state index is 5.62. The molecular weight excluding hydrogens is 276 g/mol. The normalized spacial score (nSPS) is 23.2. The second kappa shape index (κ2) is 5.41. The van der Waals surface area contributed by atoms with Crippen molar-refractivity contribution in [3.05, 3.63) is 20.8 Å². The second-order valence-electron chi connectivity index (χ2n) is 3.72. The maximum Gasteiger partial charge on any atom is 0.0595 e. The third-order valence-electron chi connectivity index (χ3n) is 2.69. The van der Waals surface area contributed by atoms with Crippen molar-refractivity contribution in [2.24, 2.45) is 5.84 Å². The summed E-state index contributed by atoms with van der Waals surface area (Å²) in [6.45, 7) is 0.896. The highest BCUT2D eigenvalue weighted by Crippen LogP contribution is 2.33. The first-order valence-corrected chi connectivity index (χ1v) is 6.79. The van der Waals surface area contributed by atoms with Gasteiger partial charge in [-0.25, -0.2) is 0 Å². The van der Waals surface area contributed by atoms with Gasteiger partial charge >= 0.3 is 0 Å². The number of nitrogens with one attached hydrogen (secondary N) is 1. The summed E-state index contributed by atoms with van der Waals surface area (Å²) in [5.74, 6) is 5.59. The summed E-state index contributed by atoms with van der Waals surface area (Å²) in [4.78, 5) is 1.26. The fraction of sp³-hybridized carbons (Fsp3) is 0.600. The number of hydrogen-bond donors (Lipinski definition) is 2. The lowest BCUT2D eigenvalue weighted by Gasteiger charge is -2.18. The van der Waals surface area contributed by atoms with Crippen LogP contribution in [0.15, 0.2) is 15.9 Å². The Balaban J connectivity index is 2.00. The minimum Gasteiger partial charge on any atom is -0.378 e. The Morgan fingerprint density at radius 2 is 2.60 bits per heavy atom. The predicted octanol–water partition coefficient (Wildman–Crippen LogP) is 2.58. The topological polar surface area (TPSA) is 47.3 Å². The molecular formula is C10H15BrN2OS. The van der Waals surface area contributed by atoms with Gasteiger partial charge in [-0.2, -0.15) is 0 Å². The van der Waals surface area contributed by atoms with Crippen molar-refractivity contribution in [3.63, 3.8) is 0 Å². The van der Waals surface area contributed by atoms with Gasteiger partial charge in [0.25, 0.3) is 0 Å². The minimum atomic E-state index is 0.197. The largest absolute Gasteiger partial charge is 0.378 e. The highest BCUT2D eigenvalue weighted by Gasteiger charge is 2.23. The van der Waals surface area contributed by atoms with Gasteiger partial charge in [-0.1, -0.05) is 0 Å². The van der Waals surface area contributed by atoms with E-state index >= 15 is 0 Å². The van der Waals surface area contributed by atoms with Crippen molar-refractivity contribution in [1.82, 2.24) is 5.43 Å². The zero-order valence-electron chi connectivity index (χ0n) is 8.41. The fourth-order valence-corrected chi connectivity index (χ4v) is 3.62. The third-order valence-corrected chi connectivity index (χ3v) is 4.67. The highest BCUT2D eigenvalue weighted by atomic mass is 79.9. The van der Waals surface area contributed by atoms with Gasteiger partial charge in [0.05, 0.1) is 12.1 Å². The molecule has 0 amide bonds. The molecule has 84 valence electrons. The van der Waals surface area contributed by atoms with Crippen molar-refractivity contribution >= 4 is 27.3 Å². The van der Waals surface area contributed by atoms with Gasteiger partial charge in [-0.05, 0) is 46.6 Å². The van der Waals surface area contributed by atoms with Crippen molar-refractivity contribution in [2.45, 2.75) is 31.4 Å². The lowest BCUT2D eigenvalue weighted by molar-refractivity contribution is 0.0949. The first-order chi connectivity index (χ1) is 7.31. The van der Waals surface area contributed by atoms with Crippen LogP contribution in [-0.2, 0) is 4.74 Å². The van der Waals surface area contributed by atoms with E-state index in [1.807, 2.05) is 0 Å². The number of thiophene rings is 1. The molecule has 2 heterocycles. The lowest BCUT2D eigenvalue weighted by Crippen LogP contribution is -2.30. The maximum absolute atomic E-state index is 5.62. The van der Waals surface area contributed by atoms with Gasteiger partial charge in [0, 0.05) is 16.0 Å². The van der Waals surface area contributed by atoms with Crippen LogP contribution in [0.3, 0.4) is 0 Å². The molecule has 1 saturated heterocycles. The Morgan fingerprint density at radius 1 is 1.73 bits per heavy atom. The van der Waals surface area contributed by atoms with Crippen LogP contribution >= 0.6 is 27.3 Å². The molecule has 0 saturated carbocycles. The molecule has 3 N–H and O–H groups in total. The molecule has 1 aromatic heterocycles. The number of hydrogen-bond acceptors (Lipinski definition) is 4. The highest BCUT2D eigenvalue weighted by molar-refractivity contribution is 9.10. The van der Waals surface area contributed by atoms with Crippen molar-refractivity contribution < 1.29 is 4.74 Å². The molecule has 0 bridgehead atoms. The average molecular weight is 291 g/mol. The molecule has 2 rings (SSSR count). The van der Waals surface area contributed by atoms with Crippen LogP contribution in [0.25, 0.3) is 0 Å². The van der Waals surface area contributed by atoms with Crippen LogP contribution in [0.4, 0.5) is 0 Å². The van der Waals surface area contributed by atoms with E-state index in [4.69, 9.17) is 10.6 Å². The van der Waals surface area contributed by atoms with E-state index in [1.165, 1.54) is 11.3 Å².